The van der Waals surface area contributed by atoms with Gasteiger partial charge in [-0.1, -0.05) is 0 Å². The molecule has 15 heavy (non-hydrogen) atoms. The Hall–Kier alpha value is -1.99. The van der Waals surface area contributed by atoms with E-state index in [2.05, 4.69) is 20.2 Å². The average molecular weight is 222 g/mol. The Morgan fingerprint density at radius 1 is 1.53 bits per heavy atom. The number of nitrogens with two attached hydrogens (primary N) is 1. The zero-order valence-electron chi connectivity index (χ0n) is 7.12. The van der Waals surface area contributed by atoms with E-state index in [0.717, 1.165) is 0 Å². The Kier molecular flexibility index (Phi) is 3.32. The van der Waals surface area contributed by atoms with Gasteiger partial charge in [0.1, 0.15) is 0 Å². The molecule has 82 valence electrons. The molecule has 0 fully saturated rings. The molecule has 0 bridgehead atoms. The minimum absolute atomic E-state index is 0.431. The Balaban J connectivity index is 2.89. The molecule has 1 aromatic rings. The minimum Gasteiger partial charge on any atom is -0.431 e. The van der Waals surface area contributed by atoms with Crippen LogP contribution in [0.1, 0.15) is 0 Å². The summed E-state index contributed by atoms with van der Waals surface area (Å²) in [6, 6.07) is 0.687. The van der Waals surface area contributed by atoms with Crippen LogP contribution in [0.2, 0.25) is 0 Å². The summed E-state index contributed by atoms with van der Waals surface area (Å²) in [5.74, 6) is -2.32. The molecule has 0 aromatic carbocycles. The third-order valence-electron chi connectivity index (χ3n) is 1.22. The lowest BCUT2D eigenvalue weighted by atomic mass is 10.4. The maximum atomic E-state index is 12.8. The molecule has 0 atom stereocenters. The SMILES string of the molecule is NC(=O)Oc1cc(OC(F)F)c(F)cn1. The summed E-state index contributed by atoms with van der Waals surface area (Å²) in [7, 11) is 0. The maximum absolute atomic E-state index is 12.8. The van der Waals surface area contributed by atoms with Crippen LogP contribution in [-0.2, 0) is 0 Å². The summed E-state index contributed by atoms with van der Waals surface area (Å²) in [5.41, 5.74) is 4.63. The standard InChI is InChI=1S/C7H5F3N2O3/c8-3-2-12-5(15-7(11)13)1-4(3)14-6(9)10/h1-2,6H,(H2,11,13). The first-order valence-corrected chi connectivity index (χ1v) is 3.56. The first-order chi connectivity index (χ1) is 6.99. The topological polar surface area (TPSA) is 74.4 Å². The van der Waals surface area contributed by atoms with E-state index >= 15 is 0 Å². The highest BCUT2D eigenvalue weighted by molar-refractivity contribution is 5.67. The van der Waals surface area contributed by atoms with Crippen LogP contribution in [0.15, 0.2) is 12.3 Å². The van der Waals surface area contributed by atoms with Crippen LogP contribution in [0, 0.1) is 5.82 Å². The van der Waals surface area contributed by atoms with Crippen LogP contribution in [0.3, 0.4) is 0 Å². The molecule has 1 heterocycles. The van der Waals surface area contributed by atoms with E-state index in [0.29, 0.717) is 12.3 Å². The van der Waals surface area contributed by atoms with Gasteiger partial charge in [-0.15, -0.1) is 0 Å². The van der Waals surface area contributed by atoms with Gasteiger partial charge in [-0.05, 0) is 0 Å². The molecule has 0 unspecified atom stereocenters. The number of carbonyl (C=O) groups is 1. The van der Waals surface area contributed by atoms with Gasteiger partial charge in [0.25, 0.3) is 0 Å². The minimum atomic E-state index is -3.19. The molecule has 0 radical (unpaired) electrons. The number of rotatable bonds is 3. The number of halogens is 3. The van der Waals surface area contributed by atoms with Gasteiger partial charge in [0, 0.05) is 6.07 Å². The number of carbonyl (C=O) groups excluding carboxylic acids is 1. The molecule has 2 N–H and O–H groups in total. The summed E-state index contributed by atoms with van der Waals surface area (Å²) in [6.07, 6.45) is -0.632. The van der Waals surface area contributed by atoms with E-state index in [1.807, 2.05) is 0 Å². The molecule has 1 rings (SSSR count). The molecule has 0 aliphatic heterocycles. The Labute approximate surface area is 81.6 Å². The Morgan fingerprint density at radius 3 is 2.73 bits per heavy atom. The van der Waals surface area contributed by atoms with Crippen LogP contribution < -0.4 is 15.2 Å². The summed E-state index contributed by atoms with van der Waals surface area (Å²) in [4.78, 5) is 13.5. The molecule has 1 amide bonds. The number of primary amides is 1. The number of aromatic nitrogens is 1. The van der Waals surface area contributed by atoms with Crippen molar-refractivity contribution < 1.29 is 27.4 Å². The fourth-order valence-corrected chi connectivity index (χ4v) is 0.747. The first kappa shape index (κ1) is 11.1. The lowest BCUT2D eigenvalue weighted by molar-refractivity contribution is -0.0523. The number of amides is 1. The molecular formula is C7H5F3N2O3. The van der Waals surface area contributed by atoms with Gasteiger partial charge >= 0.3 is 12.7 Å². The molecule has 0 spiro atoms. The number of hydrogen-bond donors (Lipinski definition) is 1. The van der Waals surface area contributed by atoms with Crippen LogP contribution in [0.25, 0.3) is 0 Å². The highest BCUT2D eigenvalue weighted by Crippen LogP contribution is 2.22. The molecule has 1 aromatic heterocycles. The largest absolute Gasteiger partial charge is 0.431 e. The van der Waals surface area contributed by atoms with Crippen molar-refractivity contribution in [1.82, 2.24) is 4.98 Å². The van der Waals surface area contributed by atoms with Crippen LogP contribution in [-0.4, -0.2) is 17.7 Å². The molecule has 8 heteroatoms. The predicted octanol–water partition coefficient (Wildman–Crippen LogP) is 1.28. The van der Waals surface area contributed by atoms with E-state index in [4.69, 9.17) is 0 Å². The second-order valence-electron chi connectivity index (χ2n) is 2.25. The molecule has 5 nitrogen and oxygen atoms in total. The third-order valence-corrected chi connectivity index (χ3v) is 1.22. The van der Waals surface area contributed by atoms with E-state index < -0.39 is 30.2 Å². The fraction of sp³-hybridized carbons (Fsp3) is 0.143. The number of pyridine rings is 1. The van der Waals surface area contributed by atoms with Crippen molar-refractivity contribution in [2.45, 2.75) is 6.61 Å². The van der Waals surface area contributed by atoms with Gasteiger partial charge in [0.15, 0.2) is 11.6 Å². The van der Waals surface area contributed by atoms with Crippen LogP contribution in [0.5, 0.6) is 11.6 Å². The van der Waals surface area contributed by atoms with Gasteiger partial charge < -0.3 is 15.2 Å². The van der Waals surface area contributed by atoms with Crippen LogP contribution >= 0.6 is 0 Å². The number of ether oxygens (including phenoxy) is 2. The zero-order valence-corrected chi connectivity index (χ0v) is 7.12. The van der Waals surface area contributed by atoms with Gasteiger partial charge in [-0.25, -0.2) is 14.2 Å². The van der Waals surface area contributed by atoms with Crippen molar-refractivity contribution in [2.75, 3.05) is 0 Å². The van der Waals surface area contributed by atoms with Crippen LogP contribution in [0.4, 0.5) is 18.0 Å². The normalized spacial score (nSPS) is 10.1. The van der Waals surface area contributed by atoms with Crippen molar-refractivity contribution in [2.24, 2.45) is 5.73 Å². The summed E-state index contributed by atoms with van der Waals surface area (Å²) < 4.78 is 44.3. The quantitative estimate of drug-likeness (QED) is 0.835. The van der Waals surface area contributed by atoms with E-state index in [1.54, 1.807) is 0 Å². The van der Waals surface area contributed by atoms with Crippen molar-refractivity contribution in [3.05, 3.63) is 18.1 Å². The molecule has 0 aliphatic rings. The number of hydrogen-bond acceptors (Lipinski definition) is 4. The second kappa shape index (κ2) is 4.49. The Morgan fingerprint density at radius 2 is 2.20 bits per heavy atom. The van der Waals surface area contributed by atoms with Gasteiger partial charge in [-0.2, -0.15) is 8.78 Å². The average Bonchev–Trinajstić information content (AvgIpc) is 2.09. The van der Waals surface area contributed by atoms with E-state index in [-0.39, 0.29) is 0 Å². The predicted molar refractivity (Wildman–Crippen MR) is 41.0 cm³/mol. The summed E-state index contributed by atoms with van der Waals surface area (Å²) in [6.45, 7) is -3.19. The highest BCUT2D eigenvalue weighted by Gasteiger charge is 2.12. The first-order valence-electron chi connectivity index (χ1n) is 3.56. The lowest BCUT2D eigenvalue weighted by Gasteiger charge is -2.06. The van der Waals surface area contributed by atoms with Gasteiger partial charge in [0.2, 0.25) is 5.88 Å². The fourth-order valence-electron chi connectivity index (χ4n) is 0.747. The molecule has 0 saturated carbocycles. The zero-order chi connectivity index (χ0) is 11.4. The van der Waals surface area contributed by atoms with E-state index in [9.17, 15) is 18.0 Å². The molecule has 0 aliphatic carbocycles. The smallest absolute Gasteiger partial charge is 0.411 e. The van der Waals surface area contributed by atoms with Crippen molar-refractivity contribution >= 4 is 6.09 Å². The maximum Gasteiger partial charge on any atom is 0.411 e. The highest BCUT2D eigenvalue weighted by atomic mass is 19.3. The van der Waals surface area contributed by atoms with Gasteiger partial charge in [-0.3, -0.25) is 0 Å². The summed E-state index contributed by atoms with van der Waals surface area (Å²) >= 11 is 0. The lowest BCUT2D eigenvalue weighted by Crippen LogP contribution is -2.17. The number of alkyl halides is 2. The third kappa shape index (κ3) is 3.33. The number of nitrogens with zero attached hydrogens (tertiary/aromatic N) is 1. The molecule has 0 saturated heterocycles. The second-order valence-corrected chi connectivity index (χ2v) is 2.25. The van der Waals surface area contributed by atoms with E-state index in [1.165, 1.54) is 0 Å². The van der Waals surface area contributed by atoms with Crippen molar-refractivity contribution in [1.29, 1.82) is 0 Å². The van der Waals surface area contributed by atoms with Crippen molar-refractivity contribution in [3.8, 4) is 11.6 Å². The van der Waals surface area contributed by atoms with Crippen molar-refractivity contribution in [3.63, 3.8) is 0 Å². The monoisotopic (exact) mass is 222 g/mol. The van der Waals surface area contributed by atoms with Gasteiger partial charge in [0.05, 0.1) is 6.20 Å². The Bertz CT molecular complexity index is 372. The summed E-state index contributed by atoms with van der Waals surface area (Å²) in [5, 5.41) is 0. The molecular weight excluding hydrogens is 217 g/mol.